The molecule has 0 bridgehead atoms. The highest BCUT2D eigenvalue weighted by Gasteiger charge is 2.29. The minimum atomic E-state index is -1.76. The van der Waals surface area contributed by atoms with Crippen molar-refractivity contribution in [2.24, 2.45) is 0 Å². The maximum absolute atomic E-state index is 14.4. The highest BCUT2D eigenvalue weighted by atomic mass is 19.1. The van der Waals surface area contributed by atoms with E-state index in [1.165, 1.54) is 6.92 Å². The third-order valence-corrected chi connectivity index (χ3v) is 5.18. The largest absolute Gasteiger partial charge is 0.477 e. The number of carboxylic acid groups (broad SMARTS) is 1. The van der Waals surface area contributed by atoms with Gasteiger partial charge in [-0.1, -0.05) is 48.5 Å². The molecule has 0 saturated carbocycles. The van der Waals surface area contributed by atoms with Crippen LogP contribution in [0.5, 0.6) is 0 Å². The predicted octanol–water partition coefficient (Wildman–Crippen LogP) is 5.33. The summed E-state index contributed by atoms with van der Waals surface area (Å²) in [5, 5.41) is 11.2. The molecule has 0 atom stereocenters. The molecule has 3 aromatic rings. The molecule has 1 aliphatic carbocycles. The van der Waals surface area contributed by atoms with Crippen LogP contribution in [-0.4, -0.2) is 23.8 Å². The van der Waals surface area contributed by atoms with Gasteiger partial charge in [0, 0.05) is 5.92 Å². The number of nitrogens with one attached hydrogen (secondary N) is 1. The van der Waals surface area contributed by atoms with E-state index < -0.39 is 34.9 Å². The Morgan fingerprint density at radius 2 is 1.57 bits per heavy atom. The molecule has 0 aliphatic heterocycles. The third-order valence-electron chi connectivity index (χ3n) is 5.18. The summed E-state index contributed by atoms with van der Waals surface area (Å²) < 4.78 is 33.6. The smallest absolute Gasteiger partial charge is 0.411 e. The Bertz CT molecular complexity index is 1130. The Morgan fingerprint density at radius 3 is 2.13 bits per heavy atom. The van der Waals surface area contributed by atoms with Crippen LogP contribution in [-0.2, 0) is 4.74 Å². The second kappa shape index (κ2) is 7.59. The molecule has 0 unspecified atom stereocenters. The van der Waals surface area contributed by atoms with E-state index in [1.54, 1.807) is 0 Å². The number of carbonyl (C=O) groups is 2. The van der Waals surface area contributed by atoms with Gasteiger partial charge in [0.25, 0.3) is 0 Å². The fourth-order valence-electron chi connectivity index (χ4n) is 3.79. The summed E-state index contributed by atoms with van der Waals surface area (Å²) in [5.74, 6) is -4.49. The topological polar surface area (TPSA) is 75.6 Å². The fourth-order valence-corrected chi connectivity index (χ4v) is 3.79. The van der Waals surface area contributed by atoms with Gasteiger partial charge in [0.1, 0.15) is 18.0 Å². The number of hydrogen-bond acceptors (Lipinski definition) is 3. The van der Waals surface area contributed by atoms with E-state index in [0.29, 0.717) is 0 Å². The summed E-state index contributed by atoms with van der Waals surface area (Å²) in [6.07, 6.45) is -0.960. The van der Waals surface area contributed by atoms with Crippen LogP contribution in [0.4, 0.5) is 19.3 Å². The average Bonchev–Trinajstić information content (AvgIpc) is 3.04. The first-order chi connectivity index (χ1) is 14.4. The molecule has 3 aromatic carbocycles. The van der Waals surface area contributed by atoms with Crippen LogP contribution in [0.3, 0.4) is 0 Å². The Labute approximate surface area is 170 Å². The zero-order valence-electron chi connectivity index (χ0n) is 15.9. The molecule has 4 rings (SSSR count). The molecule has 30 heavy (non-hydrogen) atoms. The summed E-state index contributed by atoms with van der Waals surface area (Å²) in [7, 11) is 0. The second-order valence-electron chi connectivity index (χ2n) is 7.00. The number of aromatic carboxylic acids is 1. The van der Waals surface area contributed by atoms with Gasteiger partial charge < -0.3 is 9.84 Å². The monoisotopic (exact) mass is 409 g/mol. The van der Waals surface area contributed by atoms with E-state index in [0.717, 1.165) is 28.3 Å². The molecule has 0 spiro atoms. The van der Waals surface area contributed by atoms with Crippen LogP contribution in [0.25, 0.3) is 11.1 Å². The van der Waals surface area contributed by atoms with Crippen molar-refractivity contribution in [2.45, 2.75) is 12.8 Å². The van der Waals surface area contributed by atoms with Gasteiger partial charge in [-0.15, -0.1) is 0 Å². The van der Waals surface area contributed by atoms with Crippen LogP contribution in [0.15, 0.2) is 54.6 Å². The van der Waals surface area contributed by atoms with Crippen molar-refractivity contribution in [1.29, 1.82) is 0 Å². The van der Waals surface area contributed by atoms with Crippen LogP contribution < -0.4 is 5.32 Å². The lowest BCUT2D eigenvalue weighted by Gasteiger charge is -2.15. The molecule has 0 fully saturated rings. The highest BCUT2D eigenvalue weighted by Crippen LogP contribution is 2.44. The molecule has 5 nitrogen and oxygen atoms in total. The van der Waals surface area contributed by atoms with E-state index >= 15 is 0 Å². The fraction of sp³-hybridized carbons (Fsp3) is 0.130. The van der Waals surface area contributed by atoms with Gasteiger partial charge in [-0.25, -0.2) is 18.4 Å². The number of anilines is 1. The van der Waals surface area contributed by atoms with Crippen molar-refractivity contribution >= 4 is 17.7 Å². The van der Waals surface area contributed by atoms with E-state index in [4.69, 9.17) is 9.84 Å². The normalized spacial score (nSPS) is 12.2. The molecule has 0 saturated heterocycles. The number of rotatable bonds is 4. The molecular weight excluding hydrogens is 392 g/mol. The van der Waals surface area contributed by atoms with Gasteiger partial charge >= 0.3 is 12.1 Å². The molecular formula is C23H17F2NO4. The van der Waals surface area contributed by atoms with E-state index in [2.05, 4.69) is 5.32 Å². The van der Waals surface area contributed by atoms with Crippen LogP contribution in [0, 0.1) is 18.6 Å². The predicted molar refractivity (Wildman–Crippen MR) is 107 cm³/mol. The number of carboxylic acids is 1. The first-order valence-electron chi connectivity index (χ1n) is 9.22. The Kier molecular flexibility index (Phi) is 4.95. The first-order valence-corrected chi connectivity index (χ1v) is 9.22. The molecule has 1 amide bonds. The van der Waals surface area contributed by atoms with Gasteiger partial charge in [0.05, 0.1) is 5.69 Å². The number of halogens is 2. The molecule has 0 radical (unpaired) electrons. The van der Waals surface area contributed by atoms with Crippen LogP contribution in [0.2, 0.25) is 0 Å². The first kappa shape index (κ1) is 19.6. The number of carbonyl (C=O) groups excluding carboxylic acids is 1. The standard InChI is InChI=1S/C23H17F2NO4/c1-12-10-18(21(25)19(20(12)24)22(27)28)26-23(29)30-11-17-15-8-4-2-6-13(15)14-7-3-5-9-16(14)17/h2-10,17H,11H2,1H3,(H,26,29)(H,27,28). The quantitative estimate of drug-likeness (QED) is 0.611. The van der Waals surface area contributed by atoms with Crippen LogP contribution >= 0.6 is 0 Å². The van der Waals surface area contributed by atoms with Crippen molar-refractivity contribution in [3.63, 3.8) is 0 Å². The minimum Gasteiger partial charge on any atom is -0.477 e. The lowest BCUT2D eigenvalue weighted by Crippen LogP contribution is -2.20. The van der Waals surface area contributed by atoms with Gasteiger partial charge in [0.2, 0.25) is 0 Å². The van der Waals surface area contributed by atoms with Crippen LogP contribution in [0.1, 0.15) is 33.0 Å². The molecule has 1 aliphatic rings. The summed E-state index contributed by atoms with van der Waals surface area (Å²) in [4.78, 5) is 23.4. The Morgan fingerprint density at radius 1 is 1.00 bits per heavy atom. The van der Waals surface area contributed by atoms with E-state index in [1.807, 2.05) is 48.5 Å². The minimum absolute atomic E-state index is 0.00738. The Hall–Kier alpha value is -3.74. The number of benzene rings is 3. The summed E-state index contributed by atoms with van der Waals surface area (Å²) in [5.41, 5.74) is 2.48. The highest BCUT2D eigenvalue weighted by molar-refractivity contribution is 5.92. The number of ether oxygens (including phenoxy) is 1. The van der Waals surface area contributed by atoms with Gasteiger partial charge in [-0.05, 0) is 40.8 Å². The zero-order chi connectivity index (χ0) is 21.4. The average molecular weight is 409 g/mol. The lowest BCUT2D eigenvalue weighted by molar-refractivity contribution is 0.0686. The van der Waals surface area contributed by atoms with E-state index in [9.17, 15) is 18.4 Å². The zero-order valence-corrected chi connectivity index (χ0v) is 15.9. The van der Waals surface area contributed by atoms with Crippen molar-refractivity contribution in [3.05, 3.63) is 88.5 Å². The molecule has 152 valence electrons. The number of amides is 1. The number of aryl methyl sites for hydroxylation is 1. The van der Waals surface area contributed by atoms with E-state index in [-0.39, 0.29) is 18.1 Å². The second-order valence-corrected chi connectivity index (χ2v) is 7.00. The lowest BCUT2D eigenvalue weighted by atomic mass is 9.98. The summed E-state index contributed by atoms with van der Waals surface area (Å²) in [6.45, 7) is 1.29. The Balaban J connectivity index is 1.54. The molecule has 0 heterocycles. The molecule has 2 N–H and O–H groups in total. The maximum Gasteiger partial charge on any atom is 0.411 e. The molecule has 7 heteroatoms. The van der Waals surface area contributed by atoms with Gasteiger partial charge in [0.15, 0.2) is 5.82 Å². The van der Waals surface area contributed by atoms with Crippen molar-refractivity contribution in [1.82, 2.24) is 0 Å². The number of fused-ring (bicyclic) bond motifs is 3. The van der Waals surface area contributed by atoms with Crippen molar-refractivity contribution < 1.29 is 28.2 Å². The summed E-state index contributed by atoms with van der Waals surface area (Å²) >= 11 is 0. The maximum atomic E-state index is 14.4. The summed E-state index contributed by atoms with van der Waals surface area (Å²) in [6, 6.07) is 16.6. The number of hydrogen-bond donors (Lipinski definition) is 2. The molecule has 0 aromatic heterocycles. The van der Waals surface area contributed by atoms with Crippen molar-refractivity contribution in [3.8, 4) is 11.1 Å². The van der Waals surface area contributed by atoms with Gasteiger partial charge in [-0.3, -0.25) is 5.32 Å². The van der Waals surface area contributed by atoms with Gasteiger partial charge in [-0.2, -0.15) is 0 Å². The SMILES string of the molecule is Cc1cc(NC(=O)OCC2c3ccccc3-c3ccccc32)c(F)c(C(=O)O)c1F. The third kappa shape index (κ3) is 3.28. The van der Waals surface area contributed by atoms with Crippen molar-refractivity contribution in [2.75, 3.05) is 11.9 Å².